The number of carbonyl (C=O) groups is 5. The fraction of sp³-hybridized carbons (Fsp3) is 0.703. The van der Waals surface area contributed by atoms with Crippen molar-refractivity contribution >= 4 is 47.6 Å². The van der Waals surface area contributed by atoms with Crippen molar-refractivity contribution in [2.24, 2.45) is 0 Å². The van der Waals surface area contributed by atoms with Crippen molar-refractivity contribution in [1.82, 2.24) is 30.7 Å². The second-order valence-corrected chi connectivity index (χ2v) is 15.1. The lowest BCUT2D eigenvalue weighted by Gasteiger charge is -2.34. The number of fused-ring (bicyclic) bond motifs is 1. The summed E-state index contributed by atoms with van der Waals surface area (Å²) >= 11 is 1.89. The molecular formula is C37H61N7O12S. The molecule has 1 aromatic carbocycles. The Kier molecular flexibility index (Phi) is 23.6. The highest BCUT2D eigenvalue weighted by atomic mass is 32.2. The number of carboxylic acids is 1. The summed E-state index contributed by atoms with van der Waals surface area (Å²) in [5, 5.41) is 21.6. The molecule has 4 unspecified atom stereocenters. The van der Waals surface area contributed by atoms with E-state index in [4.69, 9.17) is 29.3 Å². The van der Waals surface area contributed by atoms with Crippen molar-refractivity contribution in [2.45, 2.75) is 81.2 Å². The lowest BCUT2D eigenvalue weighted by atomic mass is 10.0. The van der Waals surface area contributed by atoms with E-state index >= 15 is 0 Å². The SMILES string of the molecule is COOCN(CCN(CC=O)CC(=O)O)CC(Cc1ccc(NC(=O)CCCCCNC(=O)CCCCC2SCC3NC(=O)NC32)cc1)N(COOC)COOC. The highest BCUT2D eigenvalue weighted by Crippen LogP contribution is 2.33. The highest BCUT2D eigenvalue weighted by molar-refractivity contribution is 8.00. The molecule has 2 heterocycles. The van der Waals surface area contributed by atoms with Gasteiger partial charge in [0, 0.05) is 61.8 Å². The first-order valence-electron chi connectivity index (χ1n) is 19.3. The molecule has 2 aliphatic rings. The molecule has 0 bridgehead atoms. The Labute approximate surface area is 338 Å². The average Bonchev–Trinajstić information content (AvgIpc) is 3.75. The molecule has 2 aliphatic heterocycles. The number of urea groups is 1. The summed E-state index contributed by atoms with van der Waals surface area (Å²) in [4.78, 5) is 94.6. The molecule has 19 nitrogen and oxygen atoms in total. The van der Waals surface area contributed by atoms with Gasteiger partial charge in [0.25, 0.3) is 0 Å². The van der Waals surface area contributed by atoms with Gasteiger partial charge in [-0.1, -0.05) is 25.0 Å². The van der Waals surface area contributed by atoms with Crippen LogP contribution in [0.1, 0.15) is 56.9 Å². The van der Waals surface area contributed by atoms with Crippen molar-refractivity contribution in [3.05, 3.63) is 29.8 Å². The summed E-state index contributed by atoms with van der Waals surface area (Å²) in [6.45, 7) is 1.40. The number of unbranched alkanes of at least 4 members (excludes halogenated alkanes) is 3. The van der Waals surface area contributed by atoms with Gasteiger partial charge in [-0.15, -0.1) is 0 Å². The topological polar surface area (TPSA) is 219 Å². The van der Waals surface area contributed by atoms with Crippen LogP contribution >= 0.6 is 11.8 Å². The molecule has 0 spiro atoms. The predicted molar refractivity (Wildman–Crippen MR) is 210 cm³/mol. The number of nitrogens with one attached hydrogen (secondary N) is 4. The Balaban J connectivity index is 1.42. The second-order valence-electron chi connectivity index (χ2n) is 13.8. The fourth-order valence-corrected chi connectivity index (χ4v) is 8.19. The Morgan fingerprint density at radius 2 is 1.56 bits per heavy atom. The van der Waals surface area contributed by atoms with E-state index in [1.807, 2.05) is 45.8 Å². The van der Waals surface area contributed by atoms with Gasteiger partial charge in [0.05, 0.1) is 46.5 Å². The smallest absolute Gasteiger partial charge is 0.317 e. The van der Waals surface area contributed by atoms with Crippen LogP contribution in [0.4, 0.5) is 10.5 Å². The summed E-state index contributed by atoms with van der Waals surface area (Å²) in [6, 6.07) is 7.57. The van der Waals surface area contributed by atoms with E-state index in [0.717, 1.165) is 43.4 Å². The molecule has 0 radical (unpaired) electrons. The van der Waals surface area contributed by atoms with Gasteiger partial charge in [0.2, 0.25) is 11.8 Å². The minimum atomic E-state index is -1.04. The molecule has 0 saturated carbocycles. The molecular weight excluding hydrogens is 767 g/mol. The summed E-state index contributed by atoms with van der Waals surface area (Å²) in [6.07, 6.45) is 7.06. The van der Waals surface area contributed by atoms with Gasteiger partial charge in [0.1, 0.15) is 26.5 Å². The third-order valence-electron chi connectivity index (χ3n) is 9.63. The Morgan fingerprint density at radius 1 is 0.895 bits per heavy atom. The minimum Gasteiger partial charge on any atom is -0.480 e. The Hall–Kier alpha value is -3.44. The average molecular weight is 828 g/mol. The van der Waals surface area contributed by atoms with Crippen molar-refractivity contribution in [3.8, 4) is 0 Å². The lowest BCUT2D eigenvalue weighted by Crippen LogP contribution is -2.49. The third-order valence-corrected chi connectivity index (χ3v) is 11.1. The number of aldehydes is 1. The van der Waals surface area contributed by atoms with Crippen LogP contribution in [0.15, 0.2) is 24.3 Å². The second kappa shape index (κ2) is 28.1. The van der Waals surface area contributed by atoms with Gasteiger partial charge in [0.15, 0.2) is 0 Å². The summed E-state index contributed by atoms with van der Waals surface area (Å²) in [5.74, 6) is -0.153. The van der Waals surface area contributed by atoms with E-state index in [-0.39, 0.29) is 75.8 Å². The van der Waals surface area contributed by atoms with E-state index in [1.54, 1.807) is 0 Å². The maximum Gasteiger partial charge on any atom is 0.317 e. The molecule has 4 atom stereocenters. The number of nitrogens with zero attached hydrogens (tertiary/aromatic N) is 3. The third kappa shape index (κ3) is 19.2. The van der Waals surface area contributed by atoms with Crippen LogP contribution in [-0.2, 0) is 54.9 Å². The maximum atomic E-state index is 12.7. The zero-order chi connectivity index (χ0) is 41.3. The van der Waals surface area contributed by atoms with Crippen LogP contribution in [0.2, 0.25) is 0 Å². The largest absolute Gasteiger partial charge is 0.480 e. The van der Waals surface area contributed by atoms with Crippen molar-refractivity contribution in [3.63, 3.8) is 0 Å². The monoisotopic (exact) mass is 827 g/mol. The highest BCUT2D eigenvalue weighted by Gasteiger charge is 2.42. The molecule has 0 aliphatic carbocycles. The lowest BCUT2D eigenvalue weighted by molar-refractivity contribution is -0.339. The summed E-state index contributed by atoms with van der Waals surface area (Å²) in [7, 11) is 4.18. The quantitative estimate of drug-likeness (QED) is 0.0170. The normalized spacial score (nSPS) is 18.1. The number of anilines is 1. The van der Waals surface area contributed by atoms with E-state index in [0.29, 0.717) is 62.5 Å². The Morgan fingerprint density at radius 3 is 2.25 bits per heavy atom. The number of aliphatic carboxylic acids is 1. The molecule has 3 rings (SSSR count). The number of amides is 4. The number of hydrogen-bond donors (Lipinski definition) is 5. The molecule has 322 valence electrons. The van der Waals surface area contributed by atoms with Gasteiger partial charge in [-0.2, -0.15) is 11.8 Å². The van der Waals surface area contributed by atoms with Crippen molar-refractivity contribution in [2.75, 3.05) is 91.9 Å². The summed E-state index contributed by atoms with van der Waals surface area (Å²) < 4.78 is 0. The Bertz CT molecular complexity index is 1340. The molecule has 0 aromatic heterocycles. The molecule has 4 amide bonds. The van der Waals surface area contributed by atoms with Gasteiger partial charge in [-0.3, -0.25) is 24.2 Å². The fourth-order valence-electron chi connectivity index (χ4n) is 6.64. The zero-order valence-electron chi connectivity index (χ0n) is 33.3. The first kappa shape index (κ1) is 47.9. The molecule has 2 saturated heterocycles. The van der Waals surface area contributed by atoms with Crippen LogP contribution in [0, 0.1) is 0 Å². The van der Waals surface area contributed by atoms with Gasteiger partial charge in [-0.25, -0.2) is 39.0 Å². The van der Waals surface area contributed by atoms with Crippen molar-refractivity contribution < 1.29 is 58.4 Å². The van der Waals surface area contributed by atoms with Crippen LogP contribution in [0.25, 0.3) is 0 Å². The predicted octanol–water partition coefficient (Wildman–Crippen LogP) is 1.73. The number of benzene rings is 1. The van der Waals surface area contributed by atoms with E-state index in [2.05, 4.69) is 21.3 Å². The van der Waals surface area contributed by atoms with Crippen LogP contribution in [0.5, 0.6) is 0 Å². The summed E-state index contributed by atoms with van der Waals surface area (Å²) in [5.41, 5.74) is 1.61. The van der Waals surface area contributed by atoms with E-state index < -0.39 is 5.97 Å². The number of hydrogen-bond acceptors (Lipinski definition) is 15. The zero-order valence-corrected chi connectivity index (χ0v) is 34.1. The molecule has 20 heteroatoms. The minimum absolute atomic E-state index is 0.0297. The molecule has 5 N–H and O–H groups in total. The number of rotatable bonds is 33. The van der Waals surface area contributed by atoms with E-state index in [9.17, 15) is 29.1 Å². The first-order valence-corrected chi connectivity index (χ1v) is 20.4. The van der Waals surface area contributed by atoms with E-state index in [1.165, 1.54) is 26.2 Å². The van der Waals surface area contributed by atoms with Crippen LogP contribution in [-0.4, -0.2) is 160 Å². The molecule has 1 aromatic rings. The van der Waals surface area contributed by atoms with Crippen LogP contribution < -0.4 is 21.3 Å². The van der Waals surface area contributed by atoms with Gasteiger partial charge < -0.3 is 31.2 Å². The molecule has 2 fully saturated rings. The standard InChI is InChI=1S/C37H61N7O12S/c1-51-54-25-43(18-17-42(19-20-45)23-35(48)49)22-30(44(26-55-52-2)27-56-53-3)21-28-12-14-29(15-13-28)39-34(47)11-5-4-8-16-38-33(46)10-7-6-9-32-36-31(24-57-32)40-37(50)41-36/h12-15,20,30-32,36H,4-11,16-19,21-27H2,1-3H3,(H,38,46)(H,39,47)(H,48,49)(H2,40,41,50). The van der Waals surface area contributed by atoms with Crippen molar-refractivity contribution in [1.29, 1.82) is 0 Å². The van der Waals surface area contributed by atoms with Crippen LogP contribution in [0.3, 0.4) is 0 Å². The number of thioether (sulfide) groups is 1. The maximum absolute atomic E-state index is 12.7. The van der Waals surface area contributed by atoms with Gasteiger partial charge in [-0.05, 0) is 49.8 Å². The molecule has 57 heavy (non-hydrogen) atoms. The van der Waals surface area contributed by atoms with Gasteiger partial charge >= 0.3 is 12.0 Å². The first-order chi connectivity index (χ1) is 27.6. The number of carbonyl (C=O) groups excluding carboxylic acids is 4. The number of carboxylic acid groups (broad SMARTS) is 1.